The van der Waals surface area contributed by atoms with Crippen molar-refractivity contribution in [3.8, 4) is 5.82 Å². The van der Waals surface area contributed by atoms with E-state index in [1.807, 2.05) is 30.9 Å². The summed E-state index contributed by atoms with van der Waals surface area (Å²) in [6.45, 7) is 5.33. The van der Waals surface area contributed by atoms with E-state index in [1.54, 1.807) is 4.68 Å². The van der Waals surface area contributed by atoms with Crippen LogP contribution in [0.25, 0.3) is 5.82 Å². The maximum Gasteiger partial charge on any atom is 0.269 e. The van der Waals surface area contributed by atoms with Gasteiger partial charge in [0, 0.05) is 50.1 Å². The van der Waals surface area contributed by atoms with Gasteiger partial charge in [-0.15, -0.1) is 0 Å². The molecule has 0 aliphatic carbocycles. The molecular weight excluding hydrogens is 422 g/mol. The average Bonchev–Trinajstić information content (AvgIpc) is 3.12. The van der Waals surface area contributed by atoms with Crippen molar-refractivity contribution in [2.45, 2.75) is 18.7 Å². The van der Waals surface area contributed by atoms with Gasteiger partial charge >= 0.3 is 0 Å². The smallest absolute Gasteiger partial charge is 0.269 e. The number of piperazine rings is 1. The maximum absolute atomic E-state index is 12.9. The SMILES string of the molecule is Cc1cc(C)n(-c2cc(N3CCN(S(=O)(=O)c4ccc([N+](=O)[O-])cc4)CC3)ncn2)n1. The Morgan fingerprint density at radius 3 is 2.19 bits per heavy atom. The summed E-state index contributed by atoms with van der Waals surface area (Å²) in [5, 5.41) is 15.2. The molecule has 0 unspecified atom stereocenters. The van der Waals surface area contributed by atoms with Crippen LogP contribution in [-0.2, 0) is 10.0 Å². The van der Waals surface area contributed by atoms with Gasteiger partial charge in [0.15, 0.2) is 5.82 Å². The highest BCUT2D eigenvalue weighted by atomic mass is 32.2. The van der Waals surface area contributed by atoms with E-state index in [4.69, 9.17) is 0 Å². The van der Waals surface area contributed by atoms with Crippen LogP contribution >= 0.6 is 0 Å². The van der Waals surface area contributed by atoms with E-state index in [0.717, 1.165) is 11.4 Å². The van der Waals surface area contributed by atoms with Crippen molar-refractivity contribution < 1.29 is 13.3 Å². The lowest BCUT2D eigenvalue weighted by molar-refractivity contribution is -0.384. The number of non-ortho nitro benzene ring substituents is 1. The lowest BCUT2D eigenvalue weighted by Gasteiger charge is -2.34. The number of nitro benzene ring substituents is 1. The number of hydrogen-bond donors (Lipinski definition) is 0. The van der Waals surface area contributed by atoms with Crippen molar-refractivity contribution in [2.24, 2.45) is 0 Å². The Labute approximate surface area is 179 Å². The monoisotopic (exact) mass is 443 g/mol. The van der Waals surface area contributed by atoms with Crippen LogP contribution in [0.15, 0.2) is 47.6 Å². The molecule has 12 heteroatoms. The number of nitrogens with zero attached hydrogens (tertiary/aromatic N) is 7. The lowest BCUT2D eigenvalue weighted by Crippen LogP contribution is -2.48. The fourth-order valence-corrected chi connectivity index (χ4v) is 4.96. The van der Waals surface area contributed by atoms with E-state index >= 15 is 0 Å². The van der Waals surface area contributed by atoms with Gasteiger partial charge < -0.3 is 4.90 Å². The molecule has 11 nitrogen and oxygen atoms in total. The Morgan fingerprint density at radius 2 is 1.61 bits per heavy atom. The highest BCUT2D eigenvalue weighted by Gasteiger charge is 2.29. The average molecular weight is 443 g/mol. The van der Waals surface area contributed by atoms with E-state index in [2.05, 4.69) is 15.1 Å². The van der Waals surface area contributed by atoms with Crippen LogP contribution in [0, 0.1) is 24.0 Å². The second-order valence-electron chi connectivity index (χ2n) is 7.22. The summed E-state index contributed by atoms with van der Waals surface area (Å²) in [5.41, 5.74) is 1.70. The minimum absolute atomic E-state index is 0.0420. The molecule has 4 rings (SSSR count). The summed E-state index contributed by atoms with van der Waals surface area (Å²) >= 11 is 0. The second-order valence-corrected chi connectivity index (χ2v) is 9.15. The zero-order valence-corrected chi connectivity index (χ0v) is 17.9. The predicted molar refractivity (Wildman–Crippen MR) is 113 cm³/mol. The Morgan fingerprint density at radius 1 is 0.968 bits per heavy atom. The fraction of sp³-hybridized carbons (Fsp3) is 0.316. The molecule has 0 saturated carbocycles. The normalized spacial score (nSPS) is 15.2. The van der Waals surface area contributed by atoms with Gasteiger partial charge in [-0.25, -0.2) is 23.1 Å². The fourth-order valence-electron chi connectivity index (χ4n) is 3.53. The van der Waals surface area contributed by atoms with Crippen LogP contribution in [0.5, 0.6) is 0 Å². The summed E-state index contributed by atoms with van der Waals surface area (Å²) in [4.78, 5) is 20.9. The number of benzene rings is 1. The van der Waals surface area contributed by atoms with Crippen LogP contribution in [0.2, 0.25) is 0 Å². The first-order chi connectivity index (χ1) is 14.8. The summed E-state index contributed by atoms with van der Waals surface area (Å²) < 4.78 is 28.9. The van der Waals surface area contributed by atoms with E-state index in [-0.39, 0.29) is 23.7 Å². The largest absolute Gasteiger partial charge is 0.354 e. The molecule has 0 bridgehead atoms. The van der Waals surface area contributed by atoms with Crippen molar-refractivity contribution in [3.05, 3.63) is 64.2 Å². The minimum atomic E-state index is -3.73. The molecule has 1 saturated heterocycles. The highest BCUT2D eigenvalue weighted by molar-refractivity contribution is 7.89. The highest BCUT2D eigenvalue weighted by Crippen LogP contribution is 2.23. The van der Waals surface area contributed by atoms with Gasteiger partial charge in [-0.3, -0.25) is 10.1 Å². The van der Waals surface area contributed by atoms with Gasteiger partial charge in [-0.1, -0.05) is 0 Å². The first kappa shape index (κ1) is 20.9. The Hall–Kier alpha value is -3.38. The molecule has 3 heterocycles. The summed E-state index contributed by atoms with van der Waals surface area (Å²) in [7, 11) is -3.73. The van der Waals surface area contributed by atoms with E-state index in [9.17, 15) is 18.5 Å². The Kier molecular flexibility index (Phi) is 5.41. The van der Waals surface area contributed by atoms with Crippen molar-refractivity contribution in [3.63, 3.8) is 0 Å². The number of rotatable bonds is 5. The molecule has 31 heavy (non-hydrogen) atoms. The molecule has 0 atom stereocenters. The second kappa shape index (κ2) is 8.04. The maximum atomic E-state index is 12.9. The van der Waals surface area contributed by atoms with E-state index in [0.29, 0.717) is 24.7 Å². The van der Waals surface area contributed by atoms with E-state index < -0.39 is 14.9 Å². The zero-order chi connectivity index (χ0) is 22.2. The van der Waals surface area contributed by atoms with Crippen LogP contribution in [0.3, 0.4) is 0 Å². The topological polar surface area (TPSA) is 127 Å². The predicted octanol–water partition coefficient (Wildman–Crippen LogP) is 1.70. The van der Waals surface area contributed by atoms with Gasteiger partial charge in [-0.2, -0.15) is 9.40 Å². The molecule has 1 aliphatic rings. The molecule has 0 amide bonds. The molecule has 0 radical (unpaired) electrons. The Bertz CT molecular complexity index is 1220. The summed E-state index contributed by atoms with van der Waals surface area (Å²) in [6.07, 6.45) is 1.47. The van der Waals surface area contributed by atoms with Crippen LogP contribution in [0.4, 0.5) is 11.5 Å². The number of anilines is 1. The molecule has 162 valence electrons. The quantitative estimate of drug-likeness (QED) is 0.431. The molecule has 0 spiro atoms. The van der Waals surface area contributed by atoms with E-state index in [1.165, 1.54) is 34.9 Å². The van der Waals surface area contributed by atoms with Gasteiger partial charge in [-0.05, 0) is 32.0 Å². The summed E-state index contributed by atoms with van der Waals surface area (Å²) in [6, 6.07) is 8.73. The van der Waals surface area contributed by atoms with Crippen LogP contribution < -0.4 is 4.90 Å². The third-order valence-electron chi connectivity index (χ3n) is 5.11. The molecular formula is C19H21N7O4S. The lowest BCUT2D eigenvalue weighted by atomic mass is 10.3. The van der Waals surface area contributed by atoms with Crippen molar-refractivity contribution >= 4 is 21.5 Å². The molecule has 2 aromatic heterocycles. The molecule has 1 fully saturated rings. The third kappa shape index (κ3) is 4.11. The number of aryl methyl sites for hydroxylation is 2. The van der Waals surface area contributed by atoms with Crippen LogP contribution in [-0.4, -0.2) is 63.6 Å². The Balaban J connectivity index is 1.48. The first-order valence-corrected chi connectivity index (χ1v) is 11.0. The summed E-state index contributed by atoms with van der Waals surface area (Å²) in [5.74, 6) is 1.35. The number of aromatic nitrogens is 4. The number of nitro groups is 1. The number of sulfonamides is 1. The van der Waals surface area contributed by atoms with Crippen molar-refractivity contribution in [1.29, 1.82) is 0 Å². The minimum Gasteiger partial charge on any atom is -0.354 e. The molecule has 1 aromatic carbocycles. The standard InChI is InChI=1S/C19H21N7O4S/c1-14-11-15(2)25(22-14)19-12-18(20-13-21-19)23-7-9-24(10-8-23)31(29,30)17-5-3-16(4-6-17)26(27)28/h3-6,11-13H,7-10H2,1-2H3. The zero-order valence-electron chi connectivity index (χ0n) is 17.0. The van der Waals surface area contributed by atoms with Gasteiger partial charge in [0.1, 0.15) is 12.1 Å². The van der Waals surface area contributed by atoms with Gasteiger partial charge in [0.25, 0.3) is 5.69 Å². The number of hydrogen-bond acceptors (Lipinski definition) is 8. The van der Waals surface area contributed by atoms with Crippen molar-refractivity contribution in [2.75, 3.05) is 31.1 Å². The van der Waals surface area contributed by atoms with Crippen LogP contribution in [0.1, 0.15) is 11.4 Å². The molecule has 1 aliphatic heterocycles. The third-order valence-corrected chi connectivity index (χ3v) is 7.03. The molecule has 0 N–H and O–H groups in total. The van der Waals surface area contributed by atoms with Gasteiger partial charge in [0.05, 0.1) is 15.5 Å². The molecule has 3 aromatic rings. The van der Waals surface area contributed by atoms with Gasteiger partial charge in [0.2, 0.25) is 10.0 Å². The first-order valence-electron chi connectivity index (χ1n) is 9.61. The van der Waals surface area contributed by atoms with Crippen molar-refractivity contribution in [1.82, 2.24) is 24.1 Å².